The minimum atomic E-state index is -4.44. The Kier molecular flexibility index (Phi) is 5.22. The van der Waals surface area contributed by atoms with Gasteiger partial charge in [0.05, 0.1) is 22.3 Å². The van der Waals surface area contributed by atoms with Crippen molar-refractivity contribution >= 4 is 34.4 Å². The molecule has 0 bridgehead atoms. The van der Waals surface area contributed by atoms with Gasteiger partial charge in [-0.05, 0) is 37.3 Å². The SMILES string of the molecule is CCn1c(SCC(=O)Nc2cccc(C(F)(F)F)c2)nc2ccccc21. The van der Waals surface area contributed by atoms with Gasteiger partial charge < -0.3 is 9.88 Å². The number of rotatable bonds is 5. The number of carbonyl (C=O) groups is 1. The van der Waals surface area contributed by atoms with E-state index in [0.717, 1.165) is 23.2 Å². The van der Waals surface area contributed by atoms with Gasteiger partial charge in [-0.3, -0.25) is 4.79 Å². The van der Waals surface area contributed by atoms with Crippen molar-refractivity contribution in [2.45, 2.75) is 24.8 Å². The first-order chi connectivity index (χ1) is 12.4. The van der Waals surface area contributed by atoms with Gasteiger partial charge in [0.1, 0.15) is 0 Å². The lowest BCUT2D eigenvalue weighted by atomic mass is 10.2. The number of hydrogen-bond donors (Lipinski definition) is 1. The van der Waals surface area contributed by atoms with Gasteiger partial charge >= 0.3 is 6.18 Å². The summed E-state index contributed by atoms with van der Waals surface area (Å²) in [5, 5.41) is 3.20. The molecular formula is C18H16F3N3OS. The molecule has 0 radical (unpaired) electrons. The Morgan fingerprint density at radius 2 is 1.96 bits per heavy atom. The van der Waals surface area contributed by atoms with E-state index in [-0.39, 0.29) is 17.3 Å². The fourth-order valence-electron chi connectivity index (χ4n) is 2.57. The Morgan fingerprint density at radius 3 is 2.69 bits per heavy atom. The van der Waals surface area contributed by atoms with Gasteiger partial charge in [-0.2, -0.15) is 13.2 Å². The number of halogens is 3. The maximum absolute atomic E-state index is 12.7. The molecule has 1 N–H and O–H groups in total. The molecule has 2 aromatic carbocycles. The molecule has 0 aliphatic carbocycles. The Balaban J connectivity index is 1.68. The highest BCUT2D eigenvalue weighted by molar-refractivity contribution is 7.99. The zero-order chi connectivity index (χ0) is 18.7. The molecule has 1 aromatic heterocycles. The molecule has 3 aromatic rings. The fraction of sp³-hybridized carbons (Fsp3) is 0.222. The number of aryl methyl sites for hydroxylation is 1. The molecule has 0 saturated heterocycles. The number of benzene rings is 2. The van der Waals surface area contributed by atoms with Crippen molar-refractivity contribution < 1.29 is 18.0 Å². The summed E-state index contributed by atoms with van der Waals surface area (Å²) < 4.78 is 40.2. The van der Waals surface area contributed by atoms with Gasteiger partial charge in [-0.1, -0.05) is 30.0 Å². The molecule has 0 saturated carbocycles. The van der Waals surface area contributed by atoms with E-state index in [1.165, 1.54) is 23.9 Å². The van der Waals surface area contributed by atoms with Crippen LogP contribution >= 0.6 is 11.8 Å². The van der Waals surface area contributed by atoms with Crippen molar-refractivity contribution in [2.24, 2.45) is 0 Å². The van der Waals surface area contributed by atoms with E-state index in [0.29, 0.717) is 11.7 Å². The second-order valence-corrected chi connectivity index (χ2v) is 6.49. The molecule has 1 heterocycles. The van der Waals surface area contributed by atoms with Gasteiger partial charge in [0.15, 0.2) is 5.16 Å². The number of anilines is 1. The van der Waals surface area contributed by atoms with E-state index in [1.807, 2.05) is 35.8 Å². The van der Waals surface area contributed by atoms with E-state index >= 15 is 0 Å². The minimum absolute atomic E-state index is 0.0551. The average molecular weight is 379 g/mol. The number of hydrogen-bond acceptors (Lipinski definition) is 3. The summed E-state index contributed by atoms with van der Waals surface area (Å²) in [6.45, 7) is 2.69. The van der Waals surface area contributed by atoms with Crippen molar-refractivity contribution in [3.8, 4) is 0 Å². The van der Waals surface area contributed by atoms with Crippen molar-refractivity contribution in [2.75, 3.05) is 11.1 Å². The fourth-order valence-corrected chi connectivity index (χ4v) is 3.45. The van der Waals surface area contributed by atoms with Crippen LogP contribution in [-0.4, -0.2) is 21.2 Å². The second kappa shape index (κ2) is 7.41. The normalized spacial score (nSPS) is 11.7. The minimum Gasteiger partial charge on any atom is -0.325 e. The van der Waals surface area contributed by atoms with Gasteiger partial charge in [0.2, 0.25) is 5.91 Å². The summed E-state index contributed by atoms with van der Waals surface area (Å²) in [5.41, 5.74) is 1.15. The van der Waals surface area contributed by atoms with Crippen LogP contribution in [0.3, 0.4) is 0 Å². The van der Waals surface area contributed by atoms with Crippen LogP contribution in [0.5, 0.6) is 0 Å². The summed E-state index contributed by atoms with van der Waals surface area (Å²) in [6.07, 6.45) is -4.44. The highest BCUT2D eigenvalue weighted by Crippen LogP contribution is 2.31. The number of para-hydroxylation sites is 2. The smallest absolute Gasteiger partial charge is 0.325 e. The number of thioether (sulfide) groups is 1. The average Bonchev–Trinajstić information content (AvgIpc) is 2.97. The van der Waals surface area contributed by atoms with Gasteiger partial charge in [0.25, 0.3) is 0 Å². The molecule has 3 rings (SSSR count). The van der Waals surface area contributed by atoms with Gasteiger partial charge in [-0.15, -0.1) is 0 Å². The predicted octanol–water partition coefficient (Wildman–Crippen LogP) is 4.81. The molecule has 26 heavy (non-hydrogen) atoms. The summed E-state index contributed by atoms with van der Waals surface area (Å²) in [5.74, 6) is -0.330. The van der Waals surface area contributed by atoms with Crippen molar-refractivity contribution in [3.63, 3.8) is 0 Å². The highest BCUT2D eigenvalue weighted by Gasteiger charge is 2.30. The molecule has 4 nitrogen and oxygen atoms in total. The lowest BCUT2D eigenvalue weighted by Crippen LogP contribution is -2.15. The third kappa shape index (κ3) is 4.01. The van der Waals surface area contributed by atoms with E-state index in [4.69, 9.17) is 0 Å². The maximum Gasteiger partial charge on any atom is 0.416 e. The van der Waals surface area contributed by atoms with Crippen LogP contribution in [0.4, 0.5) is 18.9 Å². The standard InChI is InChI=1S/C18H16F3N3OS/c1-2-24-15-9-4-3-8-14(15)23-17(24)26-11-16(25)22-13-7-5-6-12(10-13)18(19,20)21/h3-10H,2,11H2,1H3,(H,22,25). The number of nitrogens with one attached hydrogen (secondary N) is 1. The lowest BCUT2D eigenvalue weighted by molar-refractivity contribution is -0.137. The van der Waals surface area contributed by atoms with Crippen LogP contribution in [0, 0.1) is 0 Å². The number of alkyl halides is 3. The Bertz CT molecular complexity index is 937. The molecular weight excluding hydrogens is 363 g/mol. The Hall–Kier alpha value is -2.48. The number of carbonyl (C=O) groups excluding carboxylic acids is 1. The summed E-state index contributed by atoms with van der Waals surface area (Å²) in [7, 11) is 0. The molecule has 1 amide bonds. The van der Waals surface area contributed by atoms with Crippen molar-refractivity contribution in [1.29, 1.82) is 0 Å². The van der Waals surface area contributed by atoms with Crippen LogP contribution < -0.4 is 5.32 Å². The molecule has 0 unspecified atom stereocenters. The number of imidazole rings is 1. The monoisotopic (exact) mass is 379 g/mol. The topological polar surface area (TPSA) is 46.9 Å². The number of nitrogens with zero attached hydrogens (tertiary/aromatic N) is 2. The summed E-state index contributed by atoms with van der Waals surface area (Å²) in [4.78, 5) is 16.6. The molecule has 8 heteroatoms. The van der Waals surface area contributed by atoms with E-state index in [1.54, 1.807) is 0 Å². The number of fused-ring (bicyclic) bond motifs is 1. The first-order valence-electron chi connectivity index (χ1n) is 7.93. The number of aromatic nitrogens is 2. The number of amides is 1. The third-order valence-electron chi connectivity index (χ3n) is 3.74. The molecule has 0 fully saturated rings. The quantitative estimate of drug-likeness (QED) is 0.648. The van der Waals surface area contributed by atoms with E-state index in [2.05, 4.69) is 10.3 Å². The van der Waals surface area contributed by atoms with Crippen LogP contribution in [0.1, 0.15) is 12.5 Å². The molecule has 0 aliphatic rings. The zero-order valence-corrected chi connectivity index (χ0v) is 14.7. The Labute approximate surface area is 152 Å². The second-order valence-electron chi connectivity index (χ2n) is 5.54. The molecule has 136 valence electrons. The molecule has 0 aliphatic heterocycles. The van der Waals surface area contributed by atoms with Crippen LogP contribution in [0.2, 0.25) is 0 Å². The van der Waals surface area contributed by atoms with E-state index < -0.39 is 11.7 Å². The lowest BCUT2D eigenvalue weighted by Gasteiger charge is -2.10. The molecule has 0 atom stereocenters. The Morgan fingerprint density at radius 1 is 1.19 bits per heavy atom. The summed E-state index contributed by atoms with van der Waals surface area (Å²) >= 11 is 1.25. The van der Waals surface area contributed by atoms with Crippen LogP contribution in [0.25, 0.3) is 11.0 Å². The first kappa shape index (κ1) is 18.3. The largest absolute Gasteiger partial charge is 0.416 e. The zero-order valence-electron chi connectivity index (χ0n) is 13.9. The summed E-state index contributed by atoms with van der Waals surface area (Å²) in [6, 6.07) is 12.3. The van der Waals surface area contributed by atoms with Crippen molar-refractivity contribution in [1.82, 2.24) is 9.55 Å². The van der Waals surface area contributed by atoms with Crippen LogP contribution in [0.15, 0.2) is 53.7 Å². The van der Waals surface area contributed by atoms with Gasteiger partial charge in [0, 0.05) is 12.2 Å². The van der Waals surface area contributed by atoms with Crippen LogP contribution in [-0.2, 0) is 17.5 Å². The maximum atomic E-state index is 12.7. The van der Waals surface area contributed by atoms with Crippen molar-refractivity contribution in [3.05, 3.63) is 54.1 Å². The van der Waals surface area contributed by atoms with Gasteiger partial charge in [-0.25, -0.2) is 4.98 Å². The third-order valence-corrected chi connectivity index (χ3v) is 4.72. The first-order valence-corrected chi connectivity index (χ1v) is 8.92. The van der Waals surface area contributed by atoms with E-state index in [9.17, 15) is 18.0 Å². The molecule has 0 spiro atoms. The highest BCUT2D eigenvalue weighted by atomic mass is 32.2. The predicted molar refractivity (Wildman–Crippen MR) is 96.2 cm³/mol.